The number of H-pyrrole nitrogens is 1. The lowest BCUT2D eigenvalue weighted by atomic mass is 10.0. The first-order valence-corrected chi connectivity index (χ1v) is 12.7. The van der Waals surface area contributed by atoms with Crippen molar-refractivity contribution in [3.8, 4) is 16.9 Å². The molecule has 4 aromatic carbocycles. The van der Waals surface area contributed by atoms with Crippen LogP contribution in [0, 0.1) is 0 Å². The minimum atomic E-state index is -0.400. The van der Waals surface area contributed by atoms with E-state index < -0.39 is 5.63 Å². The fourth-order valence-electron chi connectivity index (χ4n) is 4.95. The van der Waals surface area contributed by atoms with Gasteiger partial charge in [-0.05, 0) is 46.7 Å². The third kappa shape index (κ3) is 3.84. The Morgan fingerprint density at radius 1 is 0.865 bits per heavy atom. The molecule has 3 aromatic heterocycles. The number of aromatic amines is 1. The number of rotatable bonds is 4. The lowest BCUT2D eigenvalue weighted by molar-refractivity contribution is 0.557. The normalized spacial score (nSPS) is 11.6. The maximum Gasteiger partial charge on any atom is 0.336 e. The summed E-state index contributed by atoms with van der Waals surface area (Å²) in [6.07, 6.45) is 2.64. The van der Waals surface area contributed by atoms with Crippen LogP contribution in [-0.2, 0) is 6.42 Å². The van der Waals surface area contributed by atoms with E-state index in [4.69, 9.17) is 4.42 Å². The van der Waals surface area contributed by atoms with Crippen molar-refractivity contribution < 1.29 is 4.42 Å². The fraction of sp³-hybridized carbons (Fsp3) is 0.0333. The minimum absolute atomic E-state index is 0.400. The number of nitrogens with zero attached hydrogens (tertiary/aromatic N) is 3. The molecule has 0 unspecified atom stereocenters. The Morgan fingerprint density at radius 3 is 2.62 bits per heavy atom. The highest BCUT2D eigenvalue weighted by atomic mass is 79.9. The van der Waals surface area contributed by atoms with Gasteiger partial charge in [0, 0.05) is 39.0 Å². The van der Waals surface area contributed by atoms with E-state index in [0.29, 0.717) is 11.3 Å². The first kappa shape index (κ1) is 21.8. The van der Waals surface area contributed by atoms with Crippen LogP contribution in [-0.4, -0.2) is 20.0 Å². The molecule has 178 valence electrons. The SMILES string of the molecule is O=c1ccc2cccc(-n3cc(-c4cccc5cc(Cc6cccc7ccc(Br)cc67)[nH]c45)nn3)c2o1. The van der Waals surface area contributed by atoms with Crippen LogP contribution in [0.4, 0.5) is 0 Å². The van der Waals surface area contributed by atoms with E-state index in [1.54, 1.807) is 10.7 Å². The van der Waals surface area contributed by atoms with Crippen LogP contribution in [0.3, 0.4) is 0 Å². The number of aromatic nitrogens is 4. The Bertz CT molecular complexity index is 2020. The molecule has 0 spiro atoms. The van der Waals surface area contributed by atoms with Crippen molar-refractivity contribution in [3.05, 3.63) is 123 Å². The molecule has 0 saturated carbocycles. The average molecular weight is 547 g/mol. The number of hydrogen-bond acceptors (Lipinski definition) is 4. The molecule has 37 heavy (non-hydrogen) atoms. The molecule has 0 radical (unpaired) electrons. The van der Waals surface area contributed by atoms with Gasteiger partial charge in [0.2, 0.25) is 0 Å². The maximum absolute atomic E-state index is 11.8. The van der Waals surface area contributed by atoms with Gasteiger partial charge in [0.1, 0.15) is 11.4 Å². The first-order chi connectivity index (χ1) is 18.1. The lowest BCUT2D eigenvalue weighted by Crippen LogP contribution is -2.00. The Balaban J connectivity index is 1.29. The van der Waals surface area contributed by atoms with Gasteiger partial charge in [-0.2, -0.15) is 0 Å². The Hall–Kier alpha value is -4.49. The quantitative estimate of drug-likeness (QED) is 0.240. The molecule has 1 N–H and O–H groups in total. The van der Waals surface area contributed by atoms with Crippen LogP contribution in [0.25, 0.3) is 49.6 Å². The molecule has 0 aliphatic heterocycles. The van der Waals surface area contributed by atoms with Crippen LogP contribution in [0.1, 0.15) is 11.3 Å². The zero-order valence-electron chi connectivity index (χ0n) is 19.5. The van der Waals surface area contributed by atoms with Gasteiger partial charge in [-0.1, -0.05) is 75.7 Å². The molecule has 3 heterocycles. The second-order valence-corrected chi connectivity index (χ2v) is 9.94. The van der Waals surface area contributed by atoms with Gasteiger partial charge in [-0.15, -0.1) is 5.10 Å². The predicted molar refractivity (Wildman–Crippen MR) is 149 cm³/mol. The summed E-state index contributed by atoms with van der Waals surface area (Å²) in [5.74, 6) is 0. The smallest absolute Gasteiger partial charge is 0.336 e. The molecule has 7 aromatic rings. The highest BCUT2D eigenvalue weighted by Crippen LogP contribution is 2.31. The third-order valence-corrected chi connectivity index (χ3v) is 7.16. The number of halogens is 1. The van der Waals surface area contributed by atoms with E-state index >= 15 is 0 Å². The summed E-state index contributed by atoms with van der Waals surface area (Å²) in [6.45, 7) is 0. The molecule has 0 amide bonds. The van der Waals surface area contributed by atoms with E-state index in [-0.39, 0.29) is 0 Å². The van der Waals surface area contributed by atoms with Gasteiger partial charge < -0.3 is 9.40 Å². The monoisotopic (exact) mass is 546 g/mol. The highest BCUT2D eigenvalue weighted by molar-refractivity contribution is 9.10. The highest BCUT2D eigenvalue weighted by Gasteiger charge is 2.14. The van der Waals surface area contributed by atoms with Crippen molar-refractivity contribution in [3.63, 3.8) is 0 Å². The second-order valence-electron chi connectivity index (χ2n) is 9.02. The van der Waals surface area contributed by atoms with E-state index in [1.807, 2.05) is 36.5 Å². The Labute approximate surface area is 219 Å². The van der Waals surface area contributed by atoms with Gasteiger partial charge >= 0.3 is 5.63 Å². The van der Waals surface area contributed by atoms with Crippen LogP contribution in [0.2, 0.25) is 0 Å². The summed E-state index contributed by atoms with van der Waals surface area (Å²) < 4.78 is 8.20. The molecule has 7 rings (SSSR count). The lowest BCUT2D eigenvalue weighted by Gasteiger charge is -2.06. The summed E-state index contributed by atoms with van der Waals surface area (Å²) in [4.78, 5) is 15.5. The number of nitrogens with one attached hydrogen (secondary N) is 1. The van der Waals surface area contributed by atoms with E-state index in [9.17, 15) is 4.79 Å². The zero-order chi connectivity index (χ0) is 24.9. The summed E-state index contributed by atoms with van der Waals surface area (Å²) in [6, 6.07) is 30.0. The molecular formula is C30H19BrN4O2. The standard InChI is InChI=1S/C30H19BrN4O2/c31-22-12-10-18-4-1-6-20(25(18)16-22)14-23-15-21-7-2-8-24(29(21)32-23)26-17-35(34-33-26)27-9-3-5-19-11-13-28(36)37-30(19)27/h1-13,15-17,32H,14H2. The van der Waals surface area contributed by atoms with Crippen molar-refractivity contribution >= 4 is 48.6 Å². The topological polar surface area (TPSA) is 76.7 Å². The summed E-state index contributed by atoms with van der Waals surface area (Å²) in [5.41, 5.74) is 5.82. The van der Waals surface area contributed by atoms with Gasteiger partial charge in [-0.3, -0.25) is 0 Å². The van der Waals surface area contributed by atoms with Crippen molar-refractivity contribution in [2.24, 2.45) is 0 Å². The van der Waals surface area contributed by atoms with E-state index in [2.05, 4.69) is 79.8 Å². The number of fused-ring (bicyclic) bond motifs is 3. The molecule has 0 saturated heterocycles. The number of para-hydroxylation sites is 2. The van der Waals surface area contributed by atoms with Crippen molar-refractivity contribution in [1.29, 1.82) is 0 Å². The molecule has 0 bridgehead atoms. The summed E-state index contributed by atoms with van der Waals surface area (Å²) in [5, 5.41) is 13.2. The van der Waals surface area contributed by atoms with Crippen LogP contribution in [0.5, 0.6) is 0 Å². The number of hydrogen-bond donors (Lipinski definition) is 1. The van der Waals surface area contributed by atoms with Crippen molar-refractivity contribution in [2.75, 3.05) is 0 Å². The molecule has 7 heteroatoms. The molecule has 6 nitrogen and oxygen atoms in total. The van der Waals surface area contributed by atoms with Gasteiger partial charge in [-0.25, -0.2) is 9.48 Å². The first-order valence-electron chi connectivity index (χ1n) is 11.9. The van der Waals surface area contributed by atoms with E-state index in [1.165, 1.54) is 22.4 Å². The maximum atomic E-state index is 11.8. The van der Waals surface area contributed by atoms with Crippen molar-refractivity contribution in [1.82, 2.24) is 20.0 Å². The molecule has 0 aliphatic carbocycles. The van der Waals surface area contributed by atoms with Gasteiger partial charge in [0.05, 0.1) is 11.7 Å². The molecular weight excluding hydrogens is 528 g/mol. The molecule has 0 fully saturated rings. The van der Waals surface area contributed by atoms with Crippen LogP contribution in [0.15, 0.2) is 111 Å². The largest absolute Gasteiger partial charge is 0.420 e. The van der Waals surface area contributed by atoms with Crippen molar-refractivity contribution in [2.45, 2.75) is 6.42 Å². The average Bonchev–Trinajstić information content (AvgIpc) is 3.56. The van der Waals surface area contributed by atoms with Gasteiger partial charge in [0.15, 0.2) is 5.58 Å². The minimum Gasteiger partial charge on any atom is -0.420 e. The van der Waals surface area contributed by atoms with E-state index in [0.717, 1.165) is 44.1 Å². The number of benzene rings is 4. The Morgan fingerprint density at radius 2 is 1.68 bits per heavy atom. The Kier molecular flexibility index (Phi) is 5.04. The fourth-order valence-corrected chi connectivity index (χ4v) is 5.32. The van der Waals surface area contributed by atoms with Crippen LogP contribution < -0.4 is 5.63 Å². The zero-order valence-corrected chi connectivity index (χ0v) is 21.1. The third-order valence-electron chi connectivity index (χ3n) is 6.67. The van der Waals surface area contributed by atoms with Crippen LogP contribution >= 0.6 is 15.9 Å². The second kappa shape index (κ2) is 8.57. The molecule has 0 aliphatic rings. The molecule has 0 atom stereocenters. The van der Waals surface area contributed by atoms with Gasteiger partial charge in [0.25, 0.3) is 0 Å². The predicted octanol–water partition coefficient (Wildman–Crippen LogP) is 7.03. The summed E-state index contributed by atoms with van der Waals surface area (Å²) >= 11 is 3.61. The summed E-state index contributed by atoms with van der Waals surface area (Å²) in [7, 11) is 0.